The molecule has 0 aliphatic heterocycles. The lowest BCUT2D eigenvalue weighted by molar-refractivity contribution is 0.0779. The number of rotatable bonds is 6. The molecule has 1 heterocycles. The summed E-state index contributed by atoms with van der Waals surface area (Å²) >= 11 is 1.44. The number of halogens is 1. The topological polar surface area (TPSA) is 29.5 Å². The van der Waals surface area contributed by atoms with Crippen molar-refractivity contribution in [2.45, 2.75) is 0 Å². The molecule has 0 radical (unpaired) electrons. The van der Waals surface area contributed by atoms with Gasteiger partial charge in [0.2, 0.25) is 0 Å². The van der Waals surface area contributed by atoms with Crippen molar-refractivity contribution in [1.82, 2.24) is 4.90 Å². The average Bonchev–Trinajstić information content (AvgIpc) is 3.13. The molecule has 0 atom stereocenters. The van der Waals surface area contributed by atoms with Crippen LogP contribution in [0.15, 0.2) is 66.0 Å². The summed E-state index contributed by atoms with van der Waals surface area (Å²) in [5.74, 6) is 0.255. The Bertz CT molecular complexity index is 830. The number of benzene rings is 2. The summed E-state index contributed by atoms with van der Waals surface area (Å²) in [4.78, 5) is 15.1. The van der Waals surface area contributed by atoms with Gasteiger partial charge >= 0.3 is 0 Å². The number of hydrogen-bond acceptors (Lipinski definition) is 3. The van der Waals surface area contributed by atoms with Crippen LogP contribution in [-0.4, -0.2) is 31.0 Å². The predicted octanol–water partition coefficient (Wildman–Crippen LogP) is 4.71. The minimum Gasteiger partial charge on any atom is -0.492 e. The van der Waals surface area contributed by atoms with Crippen LogP contribution in [0.3, 0.4) is 0 Å². The van der Waals surface area contributed by atoms with Gasteiger partial charge in [0.05, 0.1) is 11.4 Å². The minimum absolute atomic E-state index is 0.0310. The maximum atomic E-state index is 12.9. The molecule has 0 saturated carbocycles. The molecule has 0 saturated heterocycles. The molecule has 5 heteroatoms. The maximum absolute atomic E-state index is 12.9. The molecule has 1 amide bonds. The molecule has 0 bridgehead atoms. The van der Waals surface area contributed by atoms with Gasteiger partial charge < -0.3 is 9.64 Å². The van der Waals surface area contributed by atoms with Crippen molar-refractivity contribution >= 4 is 17.2 Å². The smallest absolute Gasteiger partial charge is 0.264 e. The Hall–Kier alpha value is -2.66. The molecule has 3 rings (SSSR count). The molecule has 3 nitrogen and oxygen atoms in total. The average molecular weight is 355 g/mol. The number of ether oxygens (including phenoxy) is 1. The second kappa shape index (κ2) is 7.94. The third-order valence-electron chi connectivity index (χ3n) is 3.80. The summed E-state index contributed by atoms with van der Waals surface area (Å²) in [7, 11) is 1.75. The fourth-order valence-electron chi connectivity index (χ4n) is 2.43. The van der Waals surface area contributed by atoms with E-state index in [9.17, 15) is 9.18 Å². The zero-order valence-electron chi connectivity index (χ0n) is 13.8. The van der Waals surface area contributed by atoms with Crippen molar-refractivity contribution in [2.75, 3.05) is 20.2 Å². The lowest BCUT2D eigenvalue weighted by Gasteiger charge is -2.17. The molecule has 0 fully saturated rings. The van der Waals surface area contributed by atoms with Crippen molar-refractivity contribution in [3.63, 3.8) is 0 Å². The van der Waals surface area contributed by atoms with Gasteiger partial charge in [0.25, 0.3) is 5.91 Å². The first kappa shape index (κ1) is 17.2. The van der Waals surface area contributed by atoms with E-state index in [1.165, 1.54) is 23.5 Å². The van der Waals surface area contributed by atoms with E-state index in [-0.39, 0.29) is 11.7 Å². The highest BCUT2D eigenvalue weighted by Crippen LogP contribution is 2.29. The first-order valence-corrected chi connectivity index (χ1v) is 8.80. The highest BCUT2D eigenvalue weighted by molar-refractivity contribution is 7.12. The first-order chi connectivity index (χ1) is 12.1. The van der Waals surface area contributed by atoms with Crippen LogP contribution >= 0.6 is 11.3 Å². The highest BCUT2D eigenvalue weighted by atomic mass is 32.1. The van der Waals surface area contributed by atoms with Gasteiger partial charge in [-0.25, -0.2) is 4.39 Å². The number of nitrogens with zero attached hydrogens (tertiary/aromatic N) is 1. The van der Waals surface area contributed by atoms with E-state index < -0.39 is 0 Å². The number of amides is 1. The number of likely N-dealkylation sites (N-methyl/N-ethyl adjacent to an activating group) is 1. The summed E-state index contributed by atoms with van der Waals surface area (Å²) in [6.07, 6.45) is 0. The second-order valence-electron chi connectivity index (χ2n) is 5.56. The molecular formula is C20H18FNO2S. The molecule has 2 aromatic carbocycles. The van der Waals surface area contributed by atoms with Crippen LogP contribution in [0.25, 0.3) is 11.1 Å². The third-order valence-corrected chi connectivity index (χ3v) is 4.70. The van der Waals surface area contributed by atoms with Crippen LogP contribution in [0, 0.1) is 5.82 Å². The van der Waals surface area contributed by atoms with E-state index in [0.717, 1.165) is 16.0 Å². The van der Waals surface area contributed by atoms with Crippen molar-refractivity contribution in [3.05, 3.63) is 76.7 Å². The van der Waals surface area contributed by atoms with E-state index in [2.05, 4.69) is 0 Å². The Balaban J connectivity index is 1.61. The van der Waals surface area contributed by atoms with E-state index in [0.29, 0.717) is 18.9 Å². The van der Waals surface area contributed by atoms with Crippen LogP contribution < -0.4 is 4.74 Å². The molecule has 0 aliphatic carbocycles. The van der Waals surface area contributed by atoms with Gasteiger partial charge in [-0.3, -0.25) is 4.79 Å². The van der Waals surface area contributed by atoms with E-state index in [4.69, 9.17) is 4.74 Å². The summed E-state index contributed by atoms with van der Waals surface area (Å²) in [6.45, 7) is 0.794. The van der Waals surface area contributed by atoms with Gasteiger partial charge in [-0.1, -0.05) is 30.3 Å². The van der Waals surface area contributed by atoms with Crippen LogP contribution in [0.2, 0.25) is 0 Å². The van der Waals surface area contributed by atoms with Gasteiger partial charge in [0.1, 0.15) is 18.2 Å². The number of carbonyl (C=O) groups is 1. The van der Waals surface area contributed by atoms with Crippen molar-refractivity contribution in [2.24, 2.45) is 0 Å². The van der Waals surface area contributed by atoms with Crippen LogP contribution in [0.1, 0.15) is 9.67 Å². The second-order valence-corrected chi connectivity index (χ2v) is 6.47. The monoisotopic (exact) mass is 355 g/mol. The van der Waals surface area contributed by atoms with Gasteiger partial charge in [0, 0.05) is 12.6 Å². The van der Waals surface area contributed by atoms with Crippen molar-refractivity contribution < 1.29 is 13.9 Å². The van der Waals surface area contributed by atoms with E-state index in [1.807, 2.05) is 41.8 Å². The summed E-state index contributed by atoms with van der Waals surface area (Å²) < 4.78 is 18.4. The number of carbonyl (C=O) groups excluding carboxylic acids is 1. The van der Waals surface area contributed by atoms with Gasteiger partial charge in [0.15, 0.2) is 0 Å². The summed E-state index contributed by atoms with van der Waals surface area (Å²) in [5.41, 5.74) is 1.98. The highest BCUT2D eigenvalue weighted by Gasteiger charge is 2.18. The zero-order chi connectivity index (χ0) is 17.6. The predicted molar refractivity (Wildman–Crippen MR) is 98.6 cm³/mol. The Kier molecular flexibility index (Phi) is 5.46. The van der Waals surface area contributed by atoms with Gasteiger partial charge in [-0.15, -0.1) is 11.3 Å². The van der Waals surface area contributed by atoms with Crippen LogP contribution in [0.5, 0.6) is 5.75 Å². The third kappa shape index (κ3) is 4.25. The molecule has 1 aromatic heterocycles. The molecule has 0 unspecified atom stereocenters. The normalized spacial score (nSPS) is 10.5. The Morgan fingerprint density at radius 3 is 2.52 bits per heavy atom. The lowest BCUT2D eigenvalue weighted by Crippen LogP contribution is -2.30. The molecule has 0 aliphatic rings. The first-order valence-electron chi connectivity index (χ1n) is 7.92. The van der Waals surface area contributed by atoms with Gasteiger partial charge in [-0.2, -0.15) is 0 Å². The number of thiophene rings is 1. The maximum Gasteiger partial charge on any atom is 0.264 e. The Morgan fingerprint density at radius 2 is 1.80 bits per heavy atom. The SMILES string of the molecule is CN(CCOc1ccc(F)cc1)C(=O)c1sccc1-c1ccccc1. The summed E-state index contributed by atoms with van der Waals surface area (Å²) in [6, 6.07) is 17.7. The molecular weight excluding hydrogens is 337 g/mol. The minimum atomic E-state index is -0.300. The standard InChI is InChI=1S/C20H18FNO2S/c1-22(12-13-24-17-9-7-16(21)8-10-17)20(23)19-18(11-14-25-19)15-5-3-2-4-6-15/h2-11,14H,12-13H2,1H3. The summed E-state index contributed by atoms with van der Waals surface area (Å²) in [5, 5.41) is 1.93. The molecule has 128 valence electrons. The molecule has 0 N–H and O–H groups in total. The van der Waals surface area contributed by atoms with Gasteiger partial charge in [-0.05, 0) is 41.3 Å². The lowest BCUT2D eigenvalue weighted by atomic mass is 10.1. The van der Waals surface area contributed by atoms with E-state index in [1.54, 1.807) is 24.1 Å². The quantitative estimate of drug-likeness (QED) is 0.641. The van der Waals surface area contributed by atoms with Crippen molar-refractivity contribution in [3.8, 4) is 16.9 Å². The van der Waals surface area contributed by atoms with Crippen LogP contribution in [-0.2, 0) is 0 Å². The Morgan fingerprint density at radius 1 is 1.08 bits per heavy atom. The van der Waals surface area contributed by atoms with E-state index >= 15 is 0 Å². The fraction of sp³-hybridized carbons (Fsp3) is 0.150. The molecule has 0 spiro atoms. The Labute approximate surface area is 150 Å². The van der Waals surface area contributed by atoms with Crippen molar-refractivity contribution in [1.29, 1.82) is 0 Å². The zero-order valence-corrected chi connectivity index (χ0v) is 14.6. The fourth-order valence-corrected chi connectivity index (χ4v) is 3.34. The van der Waals surface area contributed by atoms with Crippen LogP contribution in [0.4, 0.5) is 4.39 Å². The number of hydrogen-bond donors (Lipinski definition) is 0. The molecule has 25 heavy (non-hydrogen) atoms. The molecule has 3 aromatic rings. The largest absolute Gasteiger partial charge is 0.492 e.